The number of likely N-dealkylation sites (N-methyl/N-ethyl adjacent to an activating group) is 1. The van der Waals surface area contributed by atoms with E-state index in [1.165, 1.54) is 0 Å². The lowest BCUT2D eigenvalue weighted by Crippen LogP contribution is -2.45. The van der Waals surface area contributed by atoms with E-state index in [9.17, 15) is 14.7 Å². The van der Waals surface area contributed by atoms with Crippen molar-refractivity contribution in [3.63, 3.8) is 0 Å². The number of hydrogen-bond donors (Lipinski definition) is 2. The van der Waals surface area contributed by atoms with Crippen LogP contribution in [0.15, 0.2) is 24.8 Å². The van der Waals surface area contributed by atoms with Crippen LogP contribution in [-0.4, -0.2) is 67.4 Å². The van der Waals surface area contributed by atoms with E-state index < -0.39 is 18.2 Å². The van der Waals surface area contributed by atoms with Gasteiger partial charge >= 0.3 is 5.97 Å². The Labute approximate surface area is 209 Å². The Bertz CT molecular complexity index is 575. The fourth-order valence-corrected chi connectivity index (χ4v) is 4.01. The molecule has 2 N–H and O–H groups in total. The van der Waals surface area contributed by atoms with Crippen molar-refractivity contribution in [3.05, 3.63) is 24.8 Å². The fourth-order valence-electron chi connectivity index (χ4n) is 4.01. The molecule has 0 rings (SSSR count). The van der Waals surface area contributed by atoms with Crippen molar-refractivity contribution in [2.75, 3.05) is 33.7 Å². The third kappa shape index (κ3) is 18.7. The number of rotatable bonds is 22. The summed E-state index contributed by atoms with van der Waals surface area (Å²) in [6, 6.07) is 0. The van der Waals surface area contributed by atoms with Crippen molar-refractivity contribution in [2.45, 2.75) is 110 Å². The topological polar surface area (TPSA) is 75.6 Å². The molecule has 0 spiro atoms. The molecule has 2 atom stereocenters. The van der Waals surface area contributed by atoms with Gasteiger partial charge in [-0.15, -0.1) is 0 Å². The Morgan fingerprint density at radius 3 is 2.35 bits per heavy atom. The molecule has 1 amide bonds. The summed E-state index contributed by atoms with van der Waals surface area (Å²) in [6.45, 7) is 10.6. The zero-order valence-electron chi connectivity index (χ0n) is 22.5. The molecule has 0 aliphatic rings. The first-order chi connectivity index (χ1) is 16.3. The zero-order chi connectivity index (χ0) is 25.7. The summed E-state index contributed by atoms with van der Waals surface area (Å²) in [5.41, 5.74) is 0. The number of carbonyl (C=O) groups is 2. The van der Waals surface area contributed by atoms with E-state index in [0.29, 0.717) is 19.3 Å². The molecule has 0 aromatic heterocycles. The highest BCUT2D eigenvalue weighted by Gasteiger charge is 2.21. The monoisotopic (exact) mass is 481 g/mol. The van der Waals surface area contributed by atoms with Gasteiger partial charge < -0.3 is 19.6 Å². The van der Waals surface area contributed by atoms with E-state index in [1.54, 1.807) is 0 Å². The number of hydrogen-bond acceptors (Lipinski definition) is 4. The Kier molecular flexibility index (Phi) is 19.7. The minimum atomic E-state index is -0.681. The first kappa shape index (κ1) is 32.3. The van der Waals surface area contributed by atoms with Crippen LogP contribution in [-0.2, 0) is 14.3 Å². The van der Waals surface area contributed by atoms with Crippen LogP contribution in [0.5, 0.6) is 0 Å². The van der Waals surface area contributed by atoms with Gasteiger partial charge in [0.2, 0.25) is 5.91 Å². The number of quaternary nitrogens is 1. The fraction of sp³-hybridized carbons (Fsp3) is 0.786. The number of nitrogens with one attached hydrogen (secondary N) is 1. The van der Waals surface area contributed by atoms with Crippen molar-refractivity contribution in [1.29, 1.82) is 0 Å². The van der Waals surface area contributed by atoms with Crippen LogP contribution in [0.3, 0.4) is 0 Å². The Balaban J connectivity index is 3.85. The standard InChI is InChI=1S/C28H52N2O4/c1-6-9-16-20-26(34-28(33)8-3)25(31)19-17-14-12-10-11-13-15-18-21-27(32)29-22-24-30(4,5)23-7-2/h8,14,17,25-26,31H,3,6-7,9-13,15-16,18-24H2,1-2,4-5H3/p+1. The normalized spacial score (nSPS) is 13.6. The molecule has 0 heterocycles. The van der Waals surface area contributed by atoms with Crippen LogP contribution in [0.2, 0.25) is 0 Å². The van der Waals surface area contributed by atoms with E-state index in [-0.39, 0.29) is 5.91 Å². The van der Waals surface area contributed by atoms with Gasteiger partial charge in [0.15, 0.2) is 0 Å². The maximum absolute atomic E-state index is 12.0. The summed E-state index contributed by atoms with van der Waals surface area (Å²) in [7, 11) is 4.42. The number of allylic oxidation sites excluding steroid dienone is 1. The number of ether oxygens (including phenoxy) is 1. The average Bonchev–Trinajstić information content (AvgIpc) is 2.79. The number of amides is 1. The second-order valence-corrected chi connectivity index (χ2v) is 9.99. The van der Waals surface area contributed by atoms with Gasteiger partial charge in [-0.1, -0.05) is 64.7 Å². The van der Waals surface area contributed by atoms with Gasteiger partial charge in [0.1, 0.15) is 6.10 Å². The van der Waals surface area contributed by atoms with Crippen LogP contribution >= 0.6 is 0 Å². The zero-order valence-corrected chi connectivity index (χ0v) is 22.5. The maximum Gasteiger partial charge on any atom is 0.330 e. The highest BCUT2D eigenvalue weighted by molar-refractivity contribution is 5.81. The molecule has 0 aromatic rings. The minimum absolute atomic E-state index is 0.171. The number of unbranched alkanes of at least 4 members (excludes halogenated alkanes) is 7. The number of carbonyl (C=O) groups excluding carboxylic acids is 2. The predicted molar refractivity (Wildman–Crippen MR) is 141 cm³/mol. The molecule has 6 heteroatoms. The minimum Gasteiger partial charge on any atom is -0.456 e. The molecular formula is C28H53N2O4+. The molecular weight excluding hydrogens is 428 g/mol. The van der Waals surface area contributed by atoms with Gasteiger partial charge in [0.05, 0.1) is 39.8 Å². The third-order valence-electron chi connectivity index (χ3n) is 6.14. The van der Waals surface area contributed by atoms with Crippen LogP contribution in [0.1, 0.15) is 97.3 Å². The lowest BCUT2D eigenvalue weighted by Gasteiger charge is -2.29. The van der Waals surface area contributed by atoms with E-state index in [0.717, 1.165) is 94.4 Å². The van der Waals surface area contributed by atoms with Gasteiger partial charge in [0, 0.05) is 12.5 Å². The van der Waals surface area contributed by atoms with Crippen molar-refractivity contribution in [3.8, 4) is 0 Å². The van der Waals surface area contributed by atoms with Gasteiger partial charge in [-0.05, 0) is 44.9 Å². The smallest absolute Gasteiger partial charge is 0.330 e. The van der Waals surface area contributed by atoms with Crippen LogP contribution in [0, 0.1) is 0 Å². The second-order valence-electron chi connectivity index (χ2n) is 9.99. The maximum atomic E-state index is 12.0. The third-order valence-corrected chi connectivity index (χ3v) is 6.14. The molecule has 0 aromatic carbocycles. The van der Waals surface area contributed by atoms with E-state index in [4.69, 9.17) is 4.74 Å². The number of aliphatic hydroxyl groups is 1. The summed E-state index contributed by atoms with van der Waals surface area (Å²) >= 11 is 0. The lowest BCUT2D eigenvalue weighted by atomic mass is 10.0. The molecule has 6 nitrogen and oxygen atoms in total. The summed E-state index contributed by atoms with van der Waals surface area (Å²) in [6.07, 6.45) is 16.5. The van der Waals surface area contributed by atoms with E-state index in [1.807, 2.05) is 6.08 Å². The molecule has 34 heavy (non-hydrogen) atoms. The average molecular weight is 482 g/mol. The number of aliphatic hydroxyl groups excluding tert-OH is 1. The van der Waals surface area contributed by atoms with E-state index >= 15 is 0 Å². The highest BCUT2D eigenvalue weighted by Crippen LogP contribution is 2.15. The summed E-state index contributed by atoms with van der Waals surface area (Å²) < 4.78 is 6.28. The van der Waals surface area contributed by atoms with Gasteiger partial charge in [0.25, 0.3) is 0 Å². The van der Waals surface area contributed by atoms with E-state index in [2.05, 4.69) is 45.9 Å². The largest absolute Gasteiger partial charge is 0.456 e. The second kappa shape index (κ2) is 20.7. The van der Waals surface area contributed by atoms with Gasteiger partial charge in [-0.2, -0.15) is 0 Å². The summed E-state index contributed by atoms with van der Waals surface area (Å²) in [4.78, 5) is 23.5. The number of nitrogens with zero attached hydrogens (tertiary/aromatic N) is 1. The molecule has 0 saturated carbocycles. The molecule has 0 radical (unpaired) electrons. The molecule has 0 fully saturated rings. The Morgan fingerprint density at radius 2 is 1.68 bits per heavy atom. The molecule has 198 valence electrons. The first-order valence-corrected chi connectivity index (χ1v) is 13.5. The molecule has 2 unspecified atom stereocenters. The van der Waals surface area contributed by atoms with Gasteiger partial charge in [-0.3, -0.25) is 4.79 Å². The molecule has 0 bridgehead atoms. The van der Waals surface area contributed by atoms with Crippen LogP contribution in [0.4, 0.5) is 0 Å². The SMILES string of the molecule is C=CC(=O)OC(CCCCC)C(O)CC=CCCCCCCCC(=O)NCC[N+](C)(C)CCC. The summed E-state index contributed by atoms with van der Waals surface area (Å²) in [5.74, 6) is -0.304. The molecule has 0 aliphatic carbocycles. The Hall–Kier alpha value is -1.66. The van der Waals surface area contributed by atoms with Crippen molar-refractivity contribution < 1.29 is 23.9 Å². The Morgan fingerprint density at radius 1 is 0.971 bits per heavy atom. The predicted octanol–water partition coefficient (Wildman–Crippen LogP) is 5.31. The first-order valence-electron chi connectivity index (χ1n) is 13.5. The lowest BCUT2D eigenvalue weighted by molar-refractivity contribution is -0.889. The summed E-state index contributed by atoms with van der Waals surface area (Å²) in [5, 5.41) is 13.5. The van der Waals surface area contributed by atoms with Crippen molar-refractivity contribution in [1.82, 2.24) is 5.32 Å². The molecule has 0 saturated heterocycles. The quantitative estimate of drug-likeness (QED) is 0.0723. The van der Waals surface area contributed by atoms with Crippen molar-refractivity contribution >= 4 is 11.9 Å². The molecule has 0 aliphatic heterocycles. The van der Waals surface area contributed by atoms with Crippen LogP contribution in [0.25, 0.3) is 0 Å². The van der Waals surface area contributed by atoms with Crippen molar-refractivity contribution in [2.24, 2.45) is 0 Å². The van der Waals surface area contributed by atoms with Crippen LogP contribution < -0.4 is 5.32 Å². The van der Waals surface area contributed by atoms with Gasteiger partial charge in [-0.25, -0.2) is 4.79 Å². The number of esters is 1. The highest BCUT2D eigenvalue weighted by atomic mass is 16.6.